The Balaban J connectivity index is 4.39. The van der Waals surface area contributed by atoms with Gasteiger partial charge in [-0.1, -0.05) is 26.8 Å². The van der Waals surface area contributed by atoms with Crippen molar-refractivity contribution in [2.24, 2.45) is 5.41 Å². The Morgan fingerprint density at radius 2 is 1.70 bits per heavy atom. The molecule has 0 aliphatic heterocycles. The van der Waals surface area contributed by atoms with Crippen molar-refractivity contribution >= 4 is 5.78 Å². The van der Waals surface area contributed by atoms with E-state index in [9.17, 15) is 4.79 Å². The predicted octanol–water partition coefficient (Wildman–Crippen LogP) is 2.57. The van der Waals surface area contributed by atoms with Crippen molar-refractivity contribution < 1.29 is 4.79 Å². The standard InChI is InChI=1S/C9H16O/c1-6-7(2)8(10)9(3,4)5/h6H,1-5H3. The summed E-state index contributed by atoms with van der Waals surface area (Å²) in [6.07, 6.45) is 1.85. The van der Waals surface area contributed by atoms with E-state index in [0.29, 0.717) is 0 Å². The van der Waals surface area contributed by atoms with Gasteiger partial charge in [0.15, 0.2) is 5.78 Å². The van der Waals surface area contributed by atoms with Gasteiger partial charge in [0.25, 0.3) is 0 Å². The second-order valence-electron chi connectivity index (χ2n) is 3.55. The van der Waals surface area contributed by atoms with Crippen LogP contribution in [0.15, 0.2) is 11.6 Å². The smallest absolute Gasteiger partial charge is 0.163 e. The Kier molecular flexibility index (Phi) is 2.82. The third-order valence-corrected chi connectivity index (χ3v) is 1.47. The highest BCUT2D eigenvalue weighted by Gasteiger charge is 2.21. The summed E-state index contributed by atoms with van der Waals surface area (Å²) in [5.41, 5.74) is 0.629. The lowest BCUT2D eigenvalue weighted by Crippen LogP contribution is -2.20. The lowest BCUT2D eigenvalue weighted by Gasteiger charge is -2.16. The van der Waals surface area contributed by atoms with Crippen molar-refractivity contribution in [1.82, 2.24) is 0 Å². The monoisotopic (exact) mass is 140 g/mol. The molecule has 0 spiro atoms. The molecule has 0 aliphatic rings. The zero-order chi connectivity index (χ0) is 8.36. The molecule has 0 aromatic rings. The molecule has 0 saturated heterocycles. The van der Waals surface area contributed by atoms with Crippen LogP contribution < -0.4 is 0 Å². The van der Waals surface area contributed by atoms with E-state index in [-0.39, 0.29) is 11.2 Å². The van der Waals surface area contributed by atoms with Crippen LogP contribution in [0.4, 0.5) is 0 Å². The van der Waals surface area contributed by atoms with Crippen molar-refractivity contribution in [2.75, 3.05) is 0 Å². The van der Waals surface area contributed by atoms with Crippen LogP contribution in [0.25, 0.3) is 0 Å². The summed E-state index contributed by atoms with van der Waals surface area (Å²) in [6.45, 7) is 9.54. The molecule has 0 radical (unpaired) electrons. The second-order valence-corrected chi connectivity index (χ2v) is 3.55. The van der Waals surface area contributed by atoms with E-state index < -0.39 is 0 Å². The molecule has 10 heavy (non-hydrogen) atoms. The maximum atomic E-state index is 11.3. The van der Waals surface area contributed by atoms with Gasteiger partial charge in [0, 0.05) is 5.41 Å². The van der Waals surface area contributed by atoms with Gasteiger partial charge in [-0.2, -0.15) is 0 Å². The van der Waals surface area contributed by atoms with Gasteiger partial charge in [-0.15, -0.1) is 0 Å². The van der Waals surface area contributed by atoms with Gasteiger partial charge in [0.2, 0.25) is 0 Å². The molecule has 0 aromatic heterocycles. The van der Waals surface area contributed by atoms with E-state index in [1.165, 1.54) is 0 Å². The molecule has 1 heteroatoms. The summed E-state index contributed by atoms with van der Waals surface area (Å²) in [7, 11) is 0. The van der Waals surface area contributed by atoms with Crippen molar-refractivity contribution in [3.05, 3.63) is 11.6 Å². The molecule has 0 atom stereocenters. The van der Waals surface area contributed by atoms with Gasteiger partial charge >= 0.3 is 0 Å². The van der Waals surface area contributed by atoms with Crippen LogP contribution in [-0.4, -0.2) is 5.78 Å². The average Bonchev–Trinajstić information content (AvgIpc) is 1.83. The Labute approximate surface area is 63.1 Å². The number of allylic oxidation sites excluding steroid dienone is 2. The Bertz CT molecular complexity index is 158. The van der Waals surface area contributed by atoms with E-state index >= 15 is 0 Å². The summed E-state index contributed by atoms with van der Waals surface area (Å²) in [4.78, 5) is 11.3. The summed E-state index contributed by atoms with van der Waals surface area (Å²) >= 11 is 0. The average molecular weight is 140 g/mol. The lowest BCUT2D eigenvalue weighted by molar-refractivity contribution is -0.122. The number of carbonyl (C=O) groups is 1. The number of rotatable bonds is 1. The first-order chi connectivity index (χ1) is 4.39. The molecule has 0 aromatic carbocycles. The van der Waals surface area contributed by atoms with Gasteiger partial charge in [-0.05, 0) is 19.4 Å². The molecule has 0 aliphatic carbocycles. The van der Waals surface area contributed by atoms with Crippen molar-refractivity contribution in [1.29, 1.82) is 0 Å². The van der Waals surface area contributed by atoms with Crippen LogP contribution >= 0.6 is 0 Å². The molecule has 0 N–H and O–H groups in total. The molecule has 0 saturated carbocycles. The number of carbonyl (C=O) groups excluding carboxylic acids is 1. The quantitative estimate of drug-likeness (QED) is 0.511. The van der Waals surface area contributed by atoms with E-state index in [2.05, 4.69) is 0 Å². The zero-order valence-corrected chi connectivity index (χ0v) is 7.49. The predicted molar refractivity (Wildman–Crippen MR) is 43.9 cm³/mol. The highest BCUT2D eigenvalue weighted by molar-refractivity contribution is 5.98. The minimum Gasteiger partial charge on any atom is -0.294 e. The van der Waals surface area contributed by atoms with Gasteiger partial charge in [0.1, 0.15) is 0 Å². The van der Waals surface area contributed by atoms with E-state index in [0.717, 1.165) is 5.57 Å². The summed E-state index contributed by atoms with van der Waals surface area (Å²) < 4.78 is 0. The molecule has 58 valence electrons. The van der Waals surface area contributed by atoms with E-state index in [1.807, 2.05) is 40.7 Å². The topological polar surface area (TPSA) is 17.1 Å². The molecule has 0 bridgehead atoms. The van der Waals surface area contributed by atoms with Crippen molar-refractivity contribution in [3.63, 3.8) is 0 Å². The molecule has 1 nitrogen and oxygen atoms in total. The molecular weight excluding hydrogens is 124 g/mol. The normalized spacial score (nSPS) is 13.5. The third kappa shape index (κ3) is 2.34. The van der Waals surface area contributed by atoms with Crippen LogP contribution in [0.5, 0.6) is 0 Å². The maximum absolute atomic E-state index is 11.3. The SMILES string of the molecule is CC=C(C)C(=O)C(C)(C)C. The maximum Gasteiger partial charge on any atom is 0.163 e. The van der Waals surface area contributed by atoms with Gasteiger partial charge in [-0.25, -0.2) is 0 Å². The summed E-state index contributed by atoms with van der Waals surface area (Å²) in [5, 5.41) is 0. The Morgan fingerprint density at radius 1 is 1.30 bits per heavy atom. The molecular formula is C9H16O. The zero-order valence-electron chi connectivity index (χ0n) is 7.49. The minimum absolute atomic E-state index is 0.226. The molecule has 0 unspecified atom stereocenters. The van der Waals surface area contributed by atoms with Crippen LogP contribution in [-0.2, 0) is 4.79 Å². The fraction of sp³-hybridized carbons (Fsp3) is 0.667. The molecule has 0 fully saturated rings. The van der Waals surface area contributed by atoms with Crippen LogP contribution in [0, 0.1) is 5.41 Å². The Morgan fingerprint density at radius 3 is 1.80 bits per heavy atom. The number of Topliss-reactive ketones (excluding diaryl/α,β-unsaturated/α-hetero) is 1. The lowest BCUT2D eigenvalue weighted by atomic mass is 9.87. The molecule has 0 rings (SSSR count). The highest BCUT2D eigenvalue weighted by atomic mass is 16.1. The van der Waals surface area contributed by atoms with Gasteiger partial charge in [-0.3, -0.25) is 4.79 Å². The number of ketones is 1. The third-order valence-electron chi connectivity index (χ3n) is 1.47. The largest absolute Gasteiger partial charge is 0.294 e. The van der Waals surface area contributed by atoms with E-state index in [1.54, 1.807) is 0 Å². The first kappa shape index (κ1) is 9.41. The molecule has 0 heterocycles. The first-order valence-corrected chi connectivity index (χ1v) is 3.57. The fourth-order valence-corrected chi connectivity index (χ4v) is 0.723. The van der Waals surface area contributed by atoms with Gasteiger partial charge in [0.05, 0.1) is 0 Å². The summed E-state index contributed by atoms with van der Waals surface area (Å²) in [5.74, 6) is 0.231. The fourth-order valence-electron chi connectivity index (χ4n) is 0.723. The van der Waals surface area contributed by atoms with E-state index in [4.69, 9.17) is 0 Å². The van der Waals surface area contributed by atoms with Crippen molar-refractivity contribution in [3.8, 4) is 0 Å². The van der Waals surface area contributed by atoms with Crippen LogP contribution in [0.1, 0.15) is 34.6 Å². The van der Waals surface area contributed by atoms with Crippen LogP contribution in [0.2, 0.25) is 0 Å². The van der Waals surface area contributed by atoms with Crippen LogP contribution in [0.3, 0.4) is 0 Å². The second kappa shape index (κ2) is 3.00. The van der Waals surface area contributed by atoms with Gasteiger partial charge < -0.3 is 0 Å². The Hall–Kier alpha value is -0.590. The highest BCUT2D eigenvalue weighted by Crippen LogP contribution is 2.18. The minimum atomic E-state index is -0.226. The number of hydrogen-bond donors (Lipinski definition) is 0. The molecule has 0 amide bonds. The van der Waals surface area contributed by atoms with Crippen molar-refractivity contribution in [2.45, 2.75) is 34.6 Å². The first-order valence-electron chi connectivity index (χ1n) is 3.57. The number of hydrogen-bond acceptors (Lipinski definition) is 1. The summed E-state index contributed by atoms with van der Waals surface area (Å²) in [6, 6.07) is 0.